The van der Waals surface area contributed by atoms with Gasteiger partial charge in [-0.05, 0) is 30.7 Å². The van der Waals surface area contributed by atoms with Crippen LogP contribution in [-0.4, -0.2) is 30.7 Å². The number of aryl methyl sites for hydroxylation is 1. The predicted octanol–water partition coefficient (Wildman–Crippen LogP) is 3.96. The molecule has 0 radical (unpaired) electrons. The summed E-state index contributed by atoms with van der Waals surface area (Å²) in [5, 5.41) is 9.49. The van der Waals surface area contributed by atoms with Crippen LogP contribution in [0.25, 0.3) is 16.7 Å². The number of benzene rings is 2. The van der Waals surface area contributed by atoms with Gasteiger partial charge in [-0.15, -0.1) is 10.2 Å². The van der Waals surface area contributed by atoms with E-state index >= 15 is 0 Å². The van der Waals surface area contributed by atoms with Gasteiger partial charge in [0.25, 0.3) is 5.56 Å². The summed E-state index contributed by atoms with van der Waals surface area (Å²) in [7, 11) is 0. The molecule has 0 bridgehead atoms. The Bertz CT molecular complexity index is 1260. The van der Waals surface area contributed by atoms with E-state index in [1.807, 2.05) is 18.2 Å². The molecule has 6 nitrogen and oxygen atoms in total. The number of carbonyl (C=O) groups is 1. The van der Waals surface area contributed by atoms with Gasteiger partial charge < -0.3 is 0 Å². The normalized spacial score (nSPS) is 11.4. The molecule has 0 aliphatic carbocycles. The largest absolute Gasteiger partial charge is 0.293 e. The molecular formula is C21H19FN4O2S. The fraction of sp³-hybridized carbons (Fsp3) is 0.238. The molecule has 2 aromatic carbocycles. The minimum Gasteiger partial charge on any atom is -0.293 e. The lowest BCUT2D eigenvalue weighted by molar-refractivity contribution is 0.101. The van der Waals surface area contributed by atoms with Gasteiger partial charge in [-0.25, -0.2) is 4.39 Å². The van der Waals surface area contributed by atoms with E-state index in [0.29, 0.717) is 28.4 Å². The molecule has 4 aromatic rings. The molecule has 0 saturated carbocycles. The van der Waals surface area contributed by atoms with Crippen LogP contribution in [0, 0.1) is 5.82 Å². The third-order valence-electron chi connectivity index (χ3n) is 4.72. The number of aromatic nitrogens is 4. The zero-order valence-corrected chi connectivity index (χ0v) is 16.7. The number of thioether (sulfide) groups is 1. The summed E-state index contributed by atoms with van der Waals surface area (Å²) in [4.78, 5) is 25.4. The highest BCUT2D eigenvalue weighted by Gasteiger charge is 2.18. The van der Waals surface area contributed by atoms with Crippen molar-refractivity contribution in [1.29, 1.82) is 0 Å². The molecule has 29 heavy (non-hydrogen) atoms. The Hall–Kier alpha value is -3.00. The van der Waals surface area contributed by atoms with Crippen LogP contribution in [-0.2, 0) is 6.54 Å². The number of halogens is 1. The number of carbonyl (C=O) groups excluding carboxylic acids is 1. The van der Waals surface area contributed by atoms with Crippen molar-refractivity contribution in [3.05, 3.63) is 70.3 Å². The van der Waals surface area contributed by atoms with E-state index in [2.05, 4.69) is 17.1 Å². The number of rotatable bonds is 7. The summed E-state index contributed by atoms with van der Waals surface area (Å²) in [5.74, 6) is -0.399. The summed E-state index contributed by atoms with van der Waals surface area (Å²) in [6.45, 7) is 2.60. The number of Topliss-reactive ketones (excluding diaryl/α,β-unsaturated/α-hetero) is 1. The van der Waals surface area contributed by atoms with Crippen LogP contribution in [0.5, 0.6) is 0 Å². The summed E-state index contributed by atoms with van der Waals surface area (Å²) in [5.41, 5.74) is 0.637. The van der Waals surface area contributed by atoms with E-state index in [1.165, 1.54) is 23.9 Å². The Balaban J connectivity index is 1.76. The third-order valence-corrected chi connectivity index (χ3v) is 5.65. The second kappa shape index (κ2) is 8.16. The molecule has 4 rings (SSSR count). The molecule has 0 unspecified atom stereocenters. The maximum atomic E-state index is 13.9. The number of para-hydroxylation sites is 1. The van der Waals surface area contributed by atoms with Gasteiger partial charge >= 0.3 is 0 Å². The van der Waals surface area contributed by atoms with Crippen LogP contribution < -0.4 is 5.56 Å². The van der Waals surface area contributed by atoms with Crippen LogP contribution in [0.2, 0.25) is 0 Å². The van der Waals surface area contributed by atoms with E-state index in [0.717, 1.165) is 12.8 Å². The highest BCUT2D eigenvalue weighted by atomic mass is 32.2. The van der Waals surface area contributed by atoms with Crippen molar-refractivity contribution in [3.8, 4) is 0 Å². The van der Waals surface area contributed by atoms with Gasteiger partial charge in [-0.1, -0.05) is 49.4 Å². The van der Waals surface area contributed by atoms with Gasteiger partial charge in [0.15, 0.2) is 10.9 Å². The molecule has 0 aliphatic rings. The van der Waals surface area contributed by atoms with Gasteiger partial charge in [0.2, 0.25) is 5.78 Å². The first-order valence-corrected chi connectivity index (χ1v) is 10.4. The fourth-order valence-electron chi connectivity index (χ4n) is 3.24. The zero-order valence-electron chi connectivity index (χ0n) is 15.8. The molecule has 0 amide bonds. The topological polar surface area (TPSA) is 69.3 Å². The van der Waals surface area contributed by atoms with E-state index in [1.54, 1.807) is 27.2 Å². The van der Waals surface area contributed by atoms with Crippen LogP contribution in [0.15, 0.2) is 58.5 Å². The Morgan fingerprint density at radius 2 is 1.86 bits per heavy atom. The summed E-state index contributed by atoms with van der Waals surface area (Å²) < 4.78 is 17.3. The second-order valence-corrected chi connectivity index (χ2v) is 7.58. The fourth-order valence-corrected chi connectivity index (χ4v) is 4.06. The lowest BCUT2D eigenvalue weighted by Crippen LogP contribution is -2.23. The second-order valence-electron chi connectivity index (χ2n) is 6.64. The standard InChI is InChI=1S/C21H19FN4O2S/c1-2-3-12-25-19(28)15-9-5-7-11-17(15)26-20(25)23-24-21(26)29-13-18(27)14-8-4-6-10-16(14)22/h4-11H,2-3,12-13H2,1H3. The molecule has 0 aliphatic heterocycles. The van der Waals surface area contributed by atoms with Gasteiger partial charge in [0.05, 0.1) is 22.2 Å². The average Bonchev–Trinajstić information content (AvgIpc) is 3.16. The van der Waals surface area contributed by atoms with Crippen molar-refractivity contribution >= 4 is 34.2 Å². The summed E-state index contributed by atoms with van der Waals surface area (Å²) in [6.07, 6.45) is 1.79. The van der Waals surface area contributed by atoms with Crippen molar-refractivity contribution in [2.75, 3.05) is 5.75 Å². The Kier molecular flexibility index (Phi) is 5.44. The molecule has 8 heteroatoms. The smallest absolute Gasteiger partial charge is 0.262 e. The predicted molar refractivity (Wildman–Crippen MR) is 111 cm³/mol. The molecule has 0 fully saturated rings. The lowest BCUT2D eigenvalue weighted by Gasteiger charge is -2.10. The van der Waals surface area contributed by atoms with Crippen molar-refractivity contribution in [2.45, 2.75) is 31.5 Å². The van der Waals surface area contributed by atoms with Crippen molar-refractivity contribution in [1.82, 2.24) is 19.2 Å². The molecular weight excluding hydrogens is 391 g/mol. The molecule has 0 spiro atoms. The van der Waals surface area contributed by atoms with Gasteiger partial charge in [-0.2, -0.15) is 0 Å². The van der Waals surface area contributed by atoms with Crippen LogP contribution >= 0.6 is 11.8 Å². The molecule has 2 heterocycles. The Morgan fingerprint density at radius 1 is 1.10 bits per heavy atom. The first kappa shape index (κ1) is 19.3. The van der Waals surface area contributed by atoms with Crippen LogP contribution in [0.1, 0.15) is 30.1 Å². The van der Waals surface area contributed by atoms with Gasteiger partial charge in [-0.3, -0.25) is 18.6 Å². The number of fused-ring (bicyclic) bond motifs is 3. The molecule has 0 N–H and O–H groups in total. The summed E-state index contributed by atoms with van der Waals surface area (Å²) >= 11 is 1.18. The Morgan fingerprint density at radius 3 is 2.66 bits per heavy atom. The number of unbranched alkanes of at least 4 members (excludes halogenated alkanes) is 1. The van der Waals surface area contributed by atoms with E-state index in [-0.39, 0.29) is 22.7 Å². The molecule has 0 atom stereocenters. The Labute approximate surface area is 170 Å². The first-order valence-electron chi connectivity index (χ1n) is 9.39. The minimum absolute atomic E-state index is 0.0180. The van der Waals surface area contributed by atoms with Crippen molar-refractivity contribution < 1.29 is 9.18 Å². The molecule has 2 aromatic heterocycles. The van der Waals surface area contributed by atoms with Crippen molar-refractivity contribution in [3.63, 3.8) is 0 Å². The van der Waals surface area contributed by atoms with E-state index in [9.17, 15) is 14.0 Å². The minimum atomic E-state index is -0.539. The first-order chi connectivity index (χ1) is 14.1. The quantitative estimate of drug-likeness (QED) is 0.341. The van der Waals surface area contributed by atoms with Crippen LogP contribution in [0.4, 0.5) is 4.39 Å². The number of ketones is 1. The SMILES string of the molecule is CCCCn1c(=O)c2ccccc2n2c(SCC(=O)c3ccccc3F)nnc12. The van der Waals surface area contributed by atoms with Gasteiger partial charge in [0.1, 0.15) is 5.82 Å². The highest BCUT2D eigenvalue weighted by Crippen LogP contribution is 2.23. The van der Waals surface area contributed by atoms with Crippen LogP contribution in [0.3, 0.4) is 0 Å². The van der Waals surface area contributed by atoms with E-state index in [4.69, 9.17) is 0 Å². The van der Waals surface area contributed by atoms with E-state index < -0.39 is 5.82 Å². The van der Waals surface area contributed by atoms with Gasteiger partial charge in [0, 0.05) is 6.54 Å². The third kappa shape index (κ3) is 3.55. The number of hydrogen-bond donors (Lipinski definition) is 0. The molecule has 148 valence electrons. The maximum absolute atomic E-state index is 13.9. The highest BCUT2D eigenvalue weighted by molar-refractivity contribution is 7.99. The number of hydrogen-bond acceptors (Lipinski definition) is 5. The zero-order chi connectivity index (χ0) is 20.4. The summed E-state index contributed by atoms with van der Waals surface area (Å²) in [6, 6.07) is 13.2. The average molecular weight is 410 g/mol. The van der Waals surface area contributed by atoms with Crippen molar-refractivity contribution in [2.24, 2.45) is 0 Å². The lowest BCUT2D eigenvalue weighted by atomic mass is 10.1. The molecule has 0 saturated heterocycles. The monoisotopic (exact) mass is 410 g/mol. The maximum Gasteiger partial charge on any atom is 0.262 e. The number of nitrogens with zero attached hydrogens (tertiary/aromatic N) is 4.